The van der Waals surface area contributed by atoms with Gasteiger partial charge in [0.15, 0.2) is 0 Å². The molecule has 500 valence electrons. The number of nitrogens with one attached hydrogen (secondary N) is 1. The van der Waals surface area contributed by atoms with Gasteiger partial charge in [0.25, 0.3) is 0 Å². The Morgan fingerprint density at radius 1 is 0.329 bits per heavy atom. The van der Waals surface area contributed by atoms with E-state index in [0.29, 0.717) is 19.4 Å². The third-order valence-corrected chi connectivity index (χ3v) is 17.8. The van der Waals surface area contributed by atoms with Gasteiger partial charge in [-0.15, -0.1) is 0 Å². The van der Waals surface area contributed by atoms with Crippen molar-refractivity contribution in [3.8, 4) is 0 Å². The zero-order valence-electron chi connectivity index (χ0n) is 57.4. The predicted octanol–water partition coefficient (Wildman–Crippen LogP) is 25.2. The summed E-state index contributed by atoms with van der Waals surface area (Å²) >= 11 is 0. The summed E-state index contributed by atoms with van der Waals surface area (Å²) in [5.41, 5.74) is 0. The van der Waals surface area contributed by atoms with E-state index < -0.39 is 12.1 Å². The Labute approximate surface area is 531 Å². The highest BCUT2D eigenvalue weighted by atomic mass is 16.5. The van der Waals surface area contributed by atoms with Gasteiger partial charge in [0.05, 0.1) is 25.4 Å². The van der Waals surface area contributed by atoms with Crippen LogP contribution in [0.4, 0.5) is 0 Å². The number of carbonyl (C=O) groups is 2. The van der Waals surface area contributed by atoms with Gasteiger partial charge in [0.1, 0.15) is 0 Å². The molecule has 0 aromatic carbocycles. The summed E-state index contributed by atoms with van der Waals surface area (Å²) in [6, 6.07) is -0.625. The second-order valence-electron chi connectivity index (χ2n) is 26.3. The topological polar surface area (TPSA) is 95.9 Å². The van der Waals surface area contributed by atoms with E-state index in [2.05, 4.69) is 55.6 Å². The van der Waals surface area contributed by atoms with Crippen LogP contribution in [0.2, 0.25) is 0 Å². The number of amides is 1. The van der Waals surface area contributed by atoms with Crippen LogP contribution >= 0.6 is 0 Å². The smallest absolute Gasteiger partial charge is 0.305 e. The number of rotatable bonds is 72. The first-order valence-electron chi connectivity index (χ1n) is 38.4. The Morgan fingerprint density at radius 3 is 0.906 bits per heavy atom. The van der Waals surface area contributed by atoms with Crippen LogP contribution in [0.5, 0.6) is 0 Å². The van der Waals surface area contributed by atoms with E-state index >= 15 is 0 Å². The second-order valence-corrected chi connectivity index (χ2v) is 26.3. The number of hydrogen-bond donors (Lipinski definition) is 3. The molecule has 0 rings (SSSR count). The van der Waals surface area contributed by atoms with E-state index in [1.165, 1.54) is 340 Å². The summed E-state index contributed by atoms with van der Waals surface area (Å²) in [6.45, 7) is 4.92. The molecule has 0 saturated heterocycles. The van der Waals surface area contributed by atoms with Crippen molar-refractivity contribution in [1.29, 1.82) is 0 Å². The molecule has 0 aliphatic rings. The Hall–Kier alpha value is -2.18. The van der Waals surface area contributed by atoms with Crippen LogP contribution in [0.25, 0.3) is 0 Å². The summed E-state index contributed by atoms with van der Waals surface area (Å²) in [5.74, 6) is -0.0506. The lowest BCUT2D eigenvalue weighted by Gasteiger charge is -2.20. The SMILES string of the molecule is CCCCCCCC/C=C\CCCCCCCC(=O)OCCCCCCCCCCCCCCCCC/C=C\C/C=C\CCCCCCCCCCCCCCCCCCCC(=O)NC(CO)C(O)/C=C/CCCCCCCCCCCCCC. The third kappa shape index (κ3) is 70.8. The van der Waals surface area contributed by atoms with Crippen molar-refractivity contribution in [2.45, 2.75) is 431 Å². The molecule has 6 heteroatoms. The van der Waals surface area contributed by atoms with E-state index in [1.54, 1.807) is 6.08 Å². The fraction of sp³-hybridized carbons (Fsp3) is 0.873. The first kappa shape index (κ1) is 82.8. The number of hydrogen-bond acceptors (Lipinski definition) is 5. The standard InChI is InChI=1S/C79H149NO5/c1-3-5-7-9-11-13-15-17-44-49-53-57-61-65-69-73-79(84)85-74-70-66-62-58-54-50-46-43-41-39-37-35-33-31-29-27-25-23-21-19-20-22-24-26-28-30-32-34-36-38-40-42-45-48-52-56-60-64-68-72-78(83)80-76(75-81)77(82)71-67-63-59-55-51-47-18-16-14-12-10-8-6-4-2/h17,19-20,23,25,44,67,71,76-77,81-82H,3-16,18,21-22,24,26-43,45-66,68-70,72-75H2,1-2H3,(H,80,83)/b20-19-,25-23-,44-17-,71-67+. The Bertz CT molecular complexity index is 1420. The molecule has 0 aliphatic carbocycles. The molecule has 0 fully saturated rings. The highest BCUT2D eigenvalue weighted by Crippen LogP contribution is 2.19. The lowest BCUT2D eigenvalue weighted by atomic mass is 10.0. The van der Waals surface area contributed by atoms with E-state index in [-0.39, 0.29) is 18.5 Å². The van der Waals surface area contributed by atoms with Crippen molar-refractivity contribution < 1.29 is 24.5 Å². The Morgan fingerprint density at radius 2 is 0.588 bits per heavy atom. The van der Waals surface area contributed by atoms with Crippen molar-refractivity contribution in [3.05, 3.63) is 48.6 Å². The summed E-state index contributed by atoms with van der Waals surface area (Å²) in [6.07, 6.45) is 98.0. The van der Waals surface area contributed by atoms with Crippen molar-refractivity contribution in [3.63, 3.8) is 0 Å². The molecule has 0 aromatic rings. The highest BCUT2D eigenvalue weighted by molar-refractivity contribution is 5.76. The summed E-state index contributed by atoms with van der Waals surface area (Å²) in [5, 5.41) is 23.2. The van der Waals surface area contributed by atoms with Gasteiger partial charge in [-0.25, -0.2) is 0 Å². The second kappa shape index (κ2) is 74.3. The molecular weight excluding hydrogens is 1040 g/mol. The molecule has 0 aromatic heterocycles. The number of esters is 1. The lowest BCUT2D eigenvalue weighted by Crippen LogP contribution is -2.45. The van der Waals surface area contributed by atoms with E-state index in [4.69, 9.17) is 4.74 Å². The quantitative estimate of drug-likeness (QED) is 0.0320. The zero-order chi connectivity index (χ0) is 61.3. The monoisotopic (exact) mass is 1190 g/mol. The van der Waals surface area contributed by atoms with Crippen LogP contribution in [0, 0.1) is 0 Å². The number of allylic oxidation sites excluding steroid dienone is 7. The minimum absolute atomic E-state index is 0.0125. The molecule has 3 N–H and O–H groups in total. The average molecular weight is 1190 g/mol. The maximum Gasteiger partial charge on any atom is 0.305 e. The Balaban J connectivity index is 3.36. The predicted molar refractivity (Wildman–Crippen MR) is 375 cm³/mol. The fourth-order valence-electron chi connectivity index (χ4n) is 12.0. The maximum atomic E-state index is 12.5. The van der Waals surface area contributed by atoms with Crippen molar-refractivity contribution >= 4 is 11.9 Å². The zero-order valence-corrected chi connectivity index (χ0v) is 57.4. The molecule has 0 aliphatic heterocycles. The largest absolute Gasteiger partial charge is 0.466 e. The Kier molecular flexibility index (Phi) is 72.4. The van der Waals surface area contributed by atoms with Crippen LogP contribution in [0.1, 0.15) is 418 Å². The van der Waals surface area contributed by atoms with Crippen LogP contribution in [0.15, 0.2) is 48.6 Å². The van der Waals surface area contributed by atoms with Gasteiger partial charge in [0, 0.05) is 12.8 Å². The van der Waals surface area contributed by atoms with Crippen LogP contribution in [-0.2, 0) is 14.3 Å². The summed E-state index contributed by atoms with van der Waals surface area (Å²) < 4.78 is 5.50. The van der Waals surface area contributed by atoms with E-state index in [0.717, 1.165) is 51.4 Å². The van der Waals surface area contributed by atoms with Gasteiger partial charge >= 0.3 is 5.97 Å². The van der Waals surface area contributed by atoms with E-state index in [1.807, 2.05) is 6.08 Å². The maximum absolute atomic E-state index is 12.5. The van der Waals surface area contributed by atoms with Crippen molar-refractivity contribution in [1.82, 2.24) is 5.32 Å². The molecule has 1 amide bonds. The molecule has 85 heavy (non-hydrogen) atoms. The molecule has 2 atom stereocenters. The van der Waals surface area contributed by atoms with Crippen molar-refractivity contribution in [2.75, 3.05) is 13.2 Å². The van der Waals surface area contributed by atoms with Gasteiger partial charge in [-0.05, 0) is 89.9 Å². The fourth-order valence-corrected chi connectivity index (χ4v) is 12.0. The molecule has 0 saturated carbocycles. The minimum Gasteiger partial charge on any atom is -0.466 e. The third-order valence-electron chi connectivity index (χ3n) is 17.8. The number of ether oxygens (including phenoxy) is 1. The molecule has 0 spiro atoms. The van der Waals surface area contributed by atoms with E-state index in [9.17, 15) is 19.8 Å². The summed E-state index contributed by atoms with van der Waals surface area (Å²) in [4.78, 5) is 24.6. The highest BCUT2D eigenvalue weighted by Gasteiger charge is 2.18. The molecule has 6 nitrogen and oxygen atoms in total. The number of unbranched alkanes of at least 4 members (excludes halogenated alkanes) is 55. The van der Waals surface area contributed by atoms with Gasteiger partial charge in [0.2, 0.25) is 5.91 Å². The van der Waals surface area contributed by atoms with Gasteiger partial charge in [-0.2, -0.15) is 0 Å². The van der Waals surface area contributed by atoms with Gasteiger partial charge in [-0.1, -0.05) is 364 Å². The van der Waals surface area contributed by atoms with Crippen LogP contribution in [0.3, 0.4) is 0 Å². The summed E-state index contributed by atoms with van der Waals surface area (Å²) in [7, 11) is 0. The first-order chi connectivity index (χ1) is 42.0. The first-order valence-corrected chi connectivity index (χ1v) is 38.4. The van der Waals surface area contributed by atoms with Crippen LogP contribution < -0.4 is 5.32 Å². The lowest BCUT2D eigenvalue weighted by molar-refractivity contribution is -0.143. The van der Waals surface area contributed by atoms with Gasteiger partial charge < -0.3 is 20.3 Å². The normalized spacial score (nSPS) is 12.8. The number of aliphatic hydroxyl groups excluding tert-OH is 2. The van der Waals surface area contributed by atoms with Crippen molar-refractivity contribution in [2.24, 2.45) is 0 Å². The van der Waals surface area contributed by atoms with Crippen LogP contribution in [-0.4, -0.2) is 47.4 Å². The molecular formula is C79H149NO5. The van der Waals surface area contributed by atoms with Gasteiger partial charge in [-0.3, -0.25) is 9.59 Å². The molecule has 0 heterocycles. The molecule has 2 unspecified atom stereocenters. The molecule has 0 bridgehead atoms. The molecule has 0 radical (unpaired) electrons. The minimum atomic E-state index is -0.842. The number of aliphatic hydroxyl groups is 2. The average Bonchev–Trinajstić information content (AvgIpc) is 3.52. The number of carbonyl (C=O) groups excluding carboxylic acids is 2.